The molecule has 2 fully saturated rings. The fourth-order valence-corrected chi connectivity index (χ4v) is 3.78. The number of aromatic nitrogens is 1. The molecule has 0 saturated carbocycles. The molecule has 4 rings (SSSR count). The second-order valence-corrected chi connectivity index (χ2v) is 6.46. The van der Waals surface area contributed by atoms with E-state index in [9.17, 15) is 0 Å². The van der Waals surface area contributed by atoms with Crippen LogP contribution in [0.2, 0.25) is 0 Å². The van der Waals surface area contributed by atoms with Gasteiger partial charge in [0.2, 0.25) is 0 Å². The van der Waals surface area contributed by atoms with Crippen LogP contribution in [-0.2, 0) is 0 Å². The molecule has 0 amide bonds. The first kappa shape index (κ1) is 12.2. The van der Waals surface area contributed by atoms with Gasteiger partial charge in [0.15, 0.2) is 0 Å². The Morgan fingerprint density at radius 2 is 2.20 bits per heavy atom. The molecule has 1 N–H and O–H groups in total. The zero-order chi connectivity index (χ0) is 13.6. The first-order valence-electron chi connectivity index (χ1n) is 7.57. The van der Waals surface area contributed by atoms with Crippen LogP contribution in [0.5, 0.6) is 0 Å². The van der Waals surface area contributed by atoms with Crippen LogP contribution in [-0.4, -0.2) is 31.2 Å². The van der Waals surface area contributed by atoms with Crippen LogP contribution in [0.25, 0.3) is 10.8 Å². The van der Waals surface area contributed by atoms with Crippen molar-refractivity contribution in [2.45, 2.75) is 19.8 Å². The Hall–Kier alpha value is -1.61. The number of pyridine rings is 1. The highest BCUT2D eigenvalue weighted by Gasteiger charge is 2.40. The molecule has 1 atom stereocenters. The molecule has 1 spiro atoms. The highest BCUT2D eigenvalue weighted by atomic mass is 15.2. The maximum atomic E-state index is 4.69. The van der Waals surface area contributed by atoms with Crippen LogP contribution in [0, 0.1) is 12.3 Å². The van der Waals surface area contributed by atoms with E-state index in [0.29, 0.717) is 5.41 Å². The lowest BCUT2D eigenvalue weighted by Gasteiger charge is -2.24. The van der Waals surface area contributed by atoms with Gasteiger partial charge in [0, 0.05) is 36.6 Å². The van der Waals surface area contributed by atoms with E-state index in [2.05, 4.69) is 41.4 Å². The van der Waals surface area contributed by atoms with Crippen molar-refractivity contribution in [2.75, 3.05) is 31.1 Å². The average Bonchev–Trinajstić information content (AvgIpc) is 3.09. The lowest BCUT2D eigenvalue weighted by molar-refractivity contribution is 0.369. The molecule has 2 aromatic rings. The van der Waals surface area contributed by atoms with Crippen molar-refractivity contribution in [2.24, 2.45) is 5.41 Å². The van der Waals surface area contributed by atoms with Gasteiger partial charge in [0.1, 0.15) is 5.82 Å². The summed E-state index contributed by atoms with van der Waals surface area (Å²) >= 11 is 0. The lowest BCUT2D eigenvalue weighted by Crippen LogP contribution is -2.29. The summed E-state index contributed by atoms with van der Waals surface area (Å²) in [5.74, 6) is 1.18. The summed E-state index contributed by atoms with van der Waals surface area (Å²) in [6.07, 6.45) is 4.56. The topological polar surface area (TPSA) is 28.2 Å². The van der Waals surface area contributed by atoms with E-state index in [1.54, 1.807) is 0 Å². The third-order valence-corrected chi connectivity index (χ3v) is 4.97. The number of benzene rings is 1. The summed E-state index contributed by atoms with van der Waals surface area (Å²) in [6.45, 7) is 6.80. The summed E-state index contributed by atoms with van der Waals surface area (Å²) in [5.41, 5.74) is 1.80. The number of hydrogen-bond acceptors (Lipinski definition) is 3. The third kappa shape index (κ3) is 1.88. The molecule has 2 aliphatic heterocycles. The largest absolute Gasteiger partial charge is 0.355 e. The molecule has 0 bridgehead atoms. The Labute approximate surface area is 120 Å². The Morgan fingerprint density at radius 1 is 1.25 bits per heavy atom. The fraction of sp³-hybridized carbons (Fsp3) is 0.471. The molecule has 3 heterocycles. The summed E-state index contributed by atoms with van der Waals surface area (Å²) < 4.78 is 0. The van der Waals surface area contributed by atoms with Crippen molar-refractivity contribution in [3.8, 4) is 0 Å². The third-order valence-electron chi connectivity index (χ3n) is 4.97. The first-order chi connectivity index (χ1) is 9.76. The van der Waals surface area contributed by atoms with Crippen LogP contribution in [0.4, 0.5) is 5.82 Å². The maximum Gasteiger partial charge on any atom is 0.136 e. The number of rotatable bonds is 1. The van der Waals surface area contributed by atoms with Gasteiger partial charge in [0.05, 0.1) is 0 Å². The van der Waals surface area contributed by atoms with Crippen LogP contribution >= 0.6 is 0 Å². The molecule has 0 aliphatic carbocycles. The van der Waals surface area contributed by atoms with E-state index in [1.165, 1.54) is 48.1 Å². The van der Waals surface area contributed by atoms with Crippen LogP contribution < -0.4 is 10.2 Å². The normalized spacial score (nSPS) is 25.9. The molecule has 1 unspecified atom stereocenters. The molecule has 2 aliphatic rings. The van der Waals surface area contributed by atoms with Gasteiger partial charge in [-0.3, -0.25) is 0 Å². The van der Waals surface area contributed by atoms with Crippen molar-refractivity contribution in [1.82, 2.24) is 10.3 Å². The average molecular weight is 267 g/mol. The van der Waals surface area contributed by atoms with Crippen LogP contribution in [0.1, 0.15) is 18.4 Å². The maximum absolute atomic E-state index is 4.69. The van der Waals surface area contributed by atoms with E-state index in [0.717, 1.165) is 13.1 Å². The number of aryl methyl sites for hydroxylation is 1. The van der Waals surface area contributed by atoms with E-state index < -0.39 is 0 Å². The number of nitrogens with one attached hydrogen (secondary N) is 1. The van der Waals surface area contributed by atoms with Gasteiger partial charge in [-0.05, 0) is 43.8 Å². The van der Waals surface area contributed by atoms with Gasteiger partial charge in [-0.25, -0.2) is 4.98 Å². The van der Waals surface area contributed by atoms with E-state index in [1.807, 2.05) is 6.20 Å². The number of nitrogens with zero attached hydrogens (tertiary/aromatic N) is 2. The Balaban J connectivity index is 1.74. The smallest absolute Gasteiger partial charge is 0.136 e. The van der Waals surface area contributed by atoms with Gasteiger partial charge >= 0.3 is 0 Å². The Bertz CT molecular complexity index is 644. The predicted molar refractivity (Wildman–Crippen MR) is 83.2 cm³/mol. The molecule has 1 aromatic carbocycles. The summed E-state index contributed by atoms with van der Waals surface area (Å²) in [6, 6.07) is 8.77. The standard InChI is InChI=1S/C17H21N3/c1-13-2-3-14-4-7-19-16(15(14)10-13)20-9-6-17(12-20)5-8-18-11-17/h2-4,7,10,18H,5-6,8-9,11-12H2,1H3. The van der Waals surface area contributed by atoms with Gasteiger partial charge in [-0.15, -0.1) is 0 Å². The molecule has 3 heteroatoms. The van der Waals surface area contributed by atoms with E-state index in [4.69, 9.17) is 4.98 Å². The molecule has 3 nitrogen and oxygen atoms in total. The monoisotopic (exact) mass is 267 g/mol. The predicted octanol–water partition coefficient (Wildman–Crippen LogP) is 2.73. The van der Waals surface area contributed by atoms with Crippen LogP contribution in [0.3, 0.4) is 0 Å². The van der Waals surface area contributed by atoms with Gasteiger partial charge in [-0.2, -0.15) is 0 Å². The van der Waals surface area contributed by atoms with Crippen molar-refractivity contribution in [3.63, 3.8) is 0 Å². The van der Waals surface area contributed by atoms with Crippen molar-refractivity contribution in [1.29, 1.82) is 0 Å². The molecular formula is C17H21N3. The summed E-state index contributed by atoms with van der Waals surface area (Å²) in [4.78, 5) is 7.18. The van der Waals surface area contributed by atoms with Gasteiger partial charge < -0.3 is 10.2 Å². The van der Waals surface area contributed by atoms with Crippen molar-refractivity contribution >= 4 is 16.6 Å². The fourth-order valence-electron chi connectivity index (χ4n) is 3.78. The van der Waals surface area contributed by atoms with E-state index >= 15 is 0 Å². The quantitative estimate of drug-likeness (QED) is 0.861. The minimum absolute atomic E-state index is 0.494. The second-order valence-electron chi connectivity index (χ2n) is 6.46. The zero-order valence-electron chi connectivity index (χ0n) is 12.0. The van der Waals surface area contributed by atoms with Gasteiger partial charge in [0.25, 0.3) is 0 Å². The first-order valence-corrected chi connectivity index (χ1v) is 7.57. The Morgan fingerprint density at radius 3 is 3.05 bits per heavy atom. The van der Waals surface area contributed by atoms with Crippen molar-refractivity contribution in [3.05, 3.63) is 36.0 Å². The number of fused-ring (bicyclic) bond motifs is 1. The molecular weight excluding hydrogens is 246 g/mol. The van der Waals surface area contributed by atoms with Crippen molar-refractivity contribution < 1.29 is 0 Å². The number of hydrogen-bond donors (Lipinski definition) is 1. The minimum atomic E-state index is 0.494. The lowest BCUT2D eigenvalue weighted by atomic mass is 9.86. The molecule has 104 valence electrons. The second kappa shape index (κ2) is 4.45. The zero-order valence-corrected chi connectivity index (χ0v) is 12.0. The molecule has 0 radical (unpaired) electrons. The summed E-state index contributed by atoms with van der Waals surface area (Å²) in [5, 5.41) is 6.12. The SMILES string of the molecule is Cc1ccc2ccnc(N3CCC4(CCNC4)C3)c2c1. The van der Waals surface area contributed by atoms with Crippen LogP contribution in [0.15, 0.2) is 30.5 Å². The summed E-state index contributed by atoms with van der Waals surface area (Å²) in [7, 11) is 0. The highest BCUT2D eigenvalue weighted by molar-refractivity contribution is 5.92. The number of anilines is 1. The minimum Gasteiger partial charge on any atom is -0.355 e. The van der Waals surface area contributed by atoms with E-state index in [-0.39, 0.29) is 0 Å². The molecule has 20 heavy (non-hydrogen) atoms. The highest BCUT2D eigenvalue weighted by Crippen LogP contribution is 2.39. The Kier molecular flexibility index (Phi) is 2.71. The molecule has 1 aromatic heterocycles. The molecule has 2 saturated heterocycles. The van der Waals surface area contributed by atoms with Gasteiger partial charge in [-0.1, -0.05) is 17.7 Å².